The van der Waals surface area contributed by atoms with Gasteiger partial charge in [-0.2, -0.15) is 23.1 Å². The van der Waals surface area contributed by atoms with E-state index in [9.17, 15) is 22.8 Å². The Bertz CT molecular complexity index is 1240. The lowest BCUT2D eigenvalue weighted by Gasteiger charge is -2.29. The van der Waals surface area contributed by atoms with Gasteiger partial charge >= 0.3 is 18.3 Å². The zero-order valence-corrected chi connectivity index (χ0v) is 19.2. The van der Waals surface area contributed by atoms with Crippen LogP contribution in [0, 0.1) is 0 Å². The predicted octanol–water partition coefficient (Wildman–Crippen LogP) is 2.34. The lowest BCUT2D eigenvalue weighted by molar-refractivity contribution is -0.147. The highest BCUT2D eigenvalue weighted by molar-refractivity contribution is 7.18. The molecule has 0 aliphatic carbocycles. The molecule has 0 atom stereocenters. The number of anilines is 1. The van der Waals surface area contributed by atoms with Gasteiger partial charge in [-0.3, -0.25) is 10.2 Å². The van der Waals surface area contributed by atoms with E-state index in [2.05, 4.69) is 20.2 Å². The van der Waals surface area contributed by atoms with E-state index >= 15 is 0 Å². The van der Waals surface area contributed by atoms with E-state index in [4.69, 9.17) is 9.84 Å². The number of hydrogen-bond donors (Lipinski definition) is 3. The number of amides is 2. The number of carboxylic acid groups (broad SMARTS) is 1. The van der Waals surface area contributed by atoms with Crippen LogP contribution >= 0.6 is 11.3 Å². The van der Waals surface area contributed by atoms with Crippen molar-refractivity contribution in [3.63, 3.8) is 0 Å². The molecule has 3 aromatic heterocycles. The SMILES string of the molecule is CCCc1cc2c(N3CCn4c(nnc4C(F)(F)F)C3)nc(OCCC(=O)NNC(=O)O)nc2s1. The first-order valence-electron chi connectivity index (χ1n) is 10.6. The van der Waals surface area contributed by atoms with E-state index in [-0.39, 0.29) is 44.5 Å². The van der Waals surface area contributed by atoms with Crippen molar-refractivity contribution in [2.45, 2.75) is 45.5 Å². The Kier molecular flexibility index (Phi) is 6.90. The van der Waals surface area contributed by atoms with Crippen LogP contribution in [-0.2, 0) is 30.5 Å². The third-order valence-corrected chi connectivity index (χ3v) is 6.16. The topological polar surface area (TPSA) is 147 Å². The molecule has 4 heterocycles. The van der Waals surface area contributed by atoms with Crippen LogP contribution in [0.2, 0.25) is 0 Å². The summed E-state index contributed by atoms with van der Waals surface area (Å²) in [4.78, 5) is 34.5. The number of rotatable bonds is 7. The summed E-state index contributed by atoms with van der Waals surface area (Å²) in [6.07, 6.45) is -4.40. The standard InChI is InChI=1S/C19H21F3N8O4S/c1-2-3-10-8-11-14(29-5-6-30-12(9-29)25-27-16(30)19(20,21)22)23-17(24-15(11)35-10)34-7-4-13(31)26-28-18(32)33/h8,28H,2-7,9H2,1H3,(H,26,31)(H,32,33). The first-order valence-corrected chi connectivity index (χ1v) is 11.4. The fourth-order valence-corrected chi connectivity index (χ4v) is 4.70. The molecule has 0 radical (unpaired) electrons. The van der Waals surface area contributed by atoms with Gasteiger partial charge in [0.05, 0.1) is 18.4 Å². The Morgan fingerprint density at radius 1 is 1.23 bits per heavy atom. The number of nitrogens with one attached hydrogen (secondary N) is 2. The molecular weight excluding hydrogens is 493 g/mol. The van der Waals surface area contributed by atoms with Crippen molar-refractivity contribution in [2.75, 3.05) is 18.1 Å². The normalized spacial score (nSPS) is 13.5. The highest BCUT2D eigenvalue weighted by Gasteiger charge is 2.39. The molecule has 4 rings (SSSR count). The minimum absolute atomic E-state index is 0.000543. The molecule has 1 aliphatic heterocycles. The van der Waals surface area contributed by atoms with Crippen LogP contribution in [0.4, 0.5) is 23.8 Å². The number of ether oxygens (including phenoxy) is 1. The molecule has 16 heteroatoms. The molecule has 2 amide bonds. The number of aromatic nitrogens is 5. The molecule has 0 saturated heterocycles. The van der Waals surface area contributed by atoms with Crippen molar-refractivity contribution >= 4 is 39.4 Å². The highest BCUT2D eigenvalue weighted by atomic mass is 32.1. The predicted molar refractivity (Wildman–Crippen MR) is 117 cm³/mol. The second-order valence-corrected chi connectivity index (χ2v) is 8.71. The van der Waals surface area contributed by atoms with Crippen molar-refractivity contribution in [1.29, 1.82) is 0 Å². The minimum atomic E-state index is -4.59. The zero-order valence-electron chi connectivity index (χ0n) is 18.4. The summed E-state index contributed by atoms with van der Waals surface area (Å²) < 4.78 is 46.2. The first kappa shape index (κ1) is 24.4. The van der Waals surface area contributed by atoms with E-state index in [1.54, 1.807) is 10.3 Å². The number of carbonyl (C=O) groups is 2. The summed E-state index contributed by atoms with van der Waals surface area (Å²) in [6.45, 7) is 2.26. The smallest absolute Gasteiger partial charge is 0.451 e. The molecule has 0 bridgehead atoms. The monoisotopic (exact) mass is 514 g/mol. The van der Waals surface area contributed by atoms with Crippen molar-refractivity contribution < 1.29 is 32.6 Å². The van der Waals surface area contributed by atoms with Crippen LogP contribution in [0.5, 0.6) is 6.01 Å². The van der Waals surface area contributed by atoms with Gasteiger partial charge in [-0.15, -0.1) is 21.5 Å². The first-order chi connectivity index (χ1) is 16.7. The average Bonchev–Trinajstić information content (AvgIpc) is 3.40. The van der Waals surface area contributed by atoms with Gasteiger partial charge in [0.25, 0.3) is 0 Å². The summed E-state index contributed by atoms with van der Waals surface area (Å²) in [5, 5.41) is 16.3. The maximum absolute atomic E-state index is 13.2. The van der Waals surface area contributed by atoms with Crippen molar-refractivity contribution in [3.8, 4) is 6.01 Å². The quantitative estimate of drug-likeness (QED) is 0.404. The van der Waals surface area contributed by atoms with Crippen LogP contribution in [0.3, 0.4) is 0 Å². The fourth-order valence-electron chi connectivity index (χ4n) is 3.58. The molecular formula is C19H21F3N8O4S. The number of hydrazine groups is 1. The number of carbonyl (C=O) groups excluding carboxylic acids is 1. The number of nitrogens with zero attached hydrogens (tertiary/aromatic N) is 6. The summed E-state index contributed by atoms with van der Waals surface area (Å²) in [7, 11) is 0. The van der Waals surface area contributed by atoms with Gasteiger partial charge in [-0.05, 0) is 12.5 Å². The molecule has 35 heavy (non-hydrogen) atoms. The molecule has 12 nitrogen and oxygen atoms in total. The van der Waals surface area contributed by atoms with Crippen LogP contribution in [-0.4, -0.2) is 55.0 Å². The molecule has 1 aliphatic rings. The number of alkyl halides is 3. The third kappa shape index (κ3) is 5.52. The van der Waals surface area contributed by atoms with Crippen LogP contribution in [0.15, 0.2) is 6.07 Å². The van der Waals surface area contributed by atoms with Crippen LogP contribution in [0.1, 0.15) is 36.3 Å². The summed E-state index contributed by atoms with van der Waals surface area (Å²) >= 11 is 1.46. The Balaban J connectivity index is 1.57. The van der Waals surface area contributed by atoms with Gasteiger partial charge in [-0.25, -0.2) is 10.2 Å². The second-order valence-electron chi connectivity index (χ2n) is 7.60. The van der Waals surface area contributed by atoms with E-state index in [1.165, 1.54) is 11.3 Å². The number of hydrogen-bond acceptors (Lipinski definition) is 9. The van der Waals surface area contributed by atoms with E-state index in [0.29, 0.717) is 10.6 Å². The van der Waals surface area contributed by atoms with Gasteiger partial charge in [-0.1, -0.05) is 13.3 Å². The molecule has 3 N–H and O–H groups in total. The summed E-state index contributed by atoms with van der Waals surface area (Å²) in [6, 6.07) is 1.97. The van der Waals surface area contributed by atoms with Gasteiger partial charge in [0.1, 0.15) is 17.3 Å². The fraction of sp³-hybridized carbons (Fsp3) is 0.474. The highest BCUT2D eigenvalue weighted by Crippen LogP contribution is 2.35. The van der Waals surface area contributed by atoms with Gasteiger partial charge in [0, 0.05) is 18.0 Å². The minimum Gasteiger partial charge on any atom is -0.464 e. The maximum Gasteiger partial charge on any atom is 0.451 e. The molecule has 0 aromatic carbocycles. The van der Waals surface area contributed by atoms with E-state index in [1.807, 2.05) is 18.4 Å². The lowest BCUT2D eigenvalue weighted by Crippen LogP contribution is -2.41. The molecule has 188 valence electrons. The van der Waals surface area contributed by atoms with Crippen molar-refractivity contribution in [1.82, 2.24) is 35.6 Å². The Hall–Kier alpha value is -3.69. The second kappa shape index (κ2) is 9.89. The average molecular weight is 514 g/mol. The van der Waals surface area contributed by atoms with Gasteiger partial charge in [0.2, 0.25) is 11.7 Å². The number of aryl methyl sites for hydroxylation is 1. The van der Waals surface area contributed by atoms with E-state index < -0.39 is 24.0 Å². The third-order valence-electron chi connectivity index (χ3n) is 5.07. The Morgan fingerprint density at radius 3 is 2.74 bits per heavy atom. The Labute approximate surface area is 200 Å². The lowest BCUT2D eigenvalue weighted by atomic mass is 10.2. The van der Waals surface area contributed by atoms with Crippen LogP contribution < -0.4 is 20.5 Å². The number of fused-ring (bicyclic) bond motifs is 2. The molecule has 0 unspecified atom stereocenters. The van der Waals surface area contributed by atoms with Gasteiger partial charge in [0.15, 0.2) is 5.82 Å². The van der Waals surface area contributed by atoms with Gasteiger partial charge < -0.3 is 19.3 Å². The van der Waals surface area contributed by atoms with E-state index in [0.717, 1.165) is 27.7 Å². The number of halogens is 3. The molecule has 0 fully saturated rings. The van der Waals surface area contributed by atoms with Crippen molar-refractivity contribution in [2.24, 2.45) is 0 Å². The van der Waals surface area contributed by atoms with Crippen LogP contribution in [0.25, 0.3) is 10.2 Å². The van der Waals surface area contributed by atoms with Crippen molar-refractivity contribution in [3.05, 3.63) is 22.6 Å². The Morgan fingerprint density at radius 2 is 2.03 bits per heavy atom. The summed E-state index contributed by atoms with van der Waals surface area (Å²) in [5.41, 5.74) is 3.74. The molecule has 3 aromatic rings. The number of thiophene rings is 1. The molecule has 0 saturated carbocycles. The molecule has 0 spiro atoms. The summed E-state index contributed by atoms with van der Waals surface area (Å²) in [5.74, 6) is -0.973. The maximum atomic E-state index is 13.2. The zero-order chi connectivity index (χ0) is 25.2. The largest absolute Gasteiger partial charge is 0.464 e.